The van der Waals surface area contributed by atoms with Gasteiger partial charge in [0.25, 0.3) is 0 Å². The number of ether oxygens (including phenoxy) is 1. The van der Waals surface area contributed by atoms with Crippen LogP contribution in [0.3, 0.4) is 0 Å². The Balaban J connectivity index is 1.63. The largest absolute Gasteiger partial charge is 0.474 e. The first kappa shape index (κ1) is 16.9. The van der Waals surface area contributed by atoms with Crippen molar-refractivity contribution >= 4 is 17.6 Å². The molecule has 0 aliphatic carbocycles. The van der Waals surface area contributed by atoms with E-state index in [0.717, 1.165) is 17.1 Å². The minimum absolute atomic E-state index is 0.0406. The van der Waals surface area contributed by atoms with Crippen LogP contribution in [0.15, 0.2) is 24.5 Å². The number of aromatic nitrogens is 3. The fourth-order valence-corrected chi connectivity index (χ4v) is 2.76. The van der Waals surface area contributed by atoms with Gasteiger partial charge in [-0.1, -0.05) is 0 Å². The lowest BCUT2D eigenvalue weighted by Gasteiger charge is -2.29. The van der Waals surface area contributed by atoms with Gasteiger partial charge in [-0.2, -0.15) is 0 Å². The second-order valence-electron chi connectivity index (χ2n) is 6.04. The van der Waals surface area contributed by atoms with Crippen molar-refractivity contribution in [3.8, 4) is 5.88 Å². The molecule has 0 saturated carbocycles. The summed E-state index contributed by atoms with van der Waals surface area (Å²) in [7, 11) is 0. The van der Waals surface area contributed by atoms with Crippen LogP contribution >= 0.6 is 0 Å². The molecule has 1 amide bonds. The quantitative estimate of drug-likeness (QED) is 0.880. The van der Waals surface area contributed by atoms with Gasteiger partial charge in [-0.3, -0.25) is 4.98 Å². The third-order valence-corrected chi connectivity index (χ3v) is 4.13. The zero-order chi connectivity index (χ0) is 17.8. The average Bonchev–Trinajstić information content (AvgIpc) is 2.58. The first-order valence-corrected chi connectivity index (χ1v) is 8.19. The summed E-state index contributed by atoms with van der Waals surface area (Å²) in [6.07, 6.45) is 1.83. The van der Waals surface area contributed by atoms with Crippen LogP contribution < -0.4 is 10.1 Å². The standard InChI is InChI=1S/C17H21N5O3/c1-11-3-4-14(12(2)20-11)21-15-9-16(19-10-18-15)25-13-5-7-22(8-6-13)17(23)24/h3-4,9-10,13H,5-8H2,1-2H3,(H,23,24)(H,18,19,21). The van der Waals surface area contributed by atoms with Crippen LogP contribution in [0.1, 0.15) is 24.2 Å². The fourth-order valence-electron chi connectivity index (χ4n) is 2.76. The van der Waals surface area contributed by atoms with Gasteiger partial charge in [0.05, 0.1) is 11.4 Å². The summed E-state index contributed by atoms with van der Waals surface area (Å²) in [4.78, 5) is 25.1. The van der Waals surface area contributed by atoms with Gasteiger partial charge in [0, 0.05) is 37.7 Å². The minimum Gasteiger partial charge on any atom is -0.474 e. The molecule has 2 aromatic rings. The van der Waals surface area contributed by atoms with Crippen LogP contribution in [-0.4, -0.2) is 50.2 Å². The summed E-state index contributed by atoms with van der Waals surface area (Å²) < 4.78 is 5.88. The Morgan fingerprint density at radius 2 is 2.04 bits per heavy atom. The summed E-state index contributed by atoms with van der Waals surface area (Å²) in [5.74, 6) is 1.10. The maximum Gasteiger partial charge on any atom is 0.407 e. The highest BCUT2D eigenvalue weighted by Gasteiger charge is 2.23. The minimum atomic E-state index is -0.881. The lowest BCUT2D eigenvalue weighted by molar-refractivity contribution is 0.0870. The van der Waals surface area contributed by atoms with E-state index in [0.29, 0.717) is 37.6 Å². The van der Waals surface area contributed by atoms with Crippen molar-refractivity contribution in [2.75, 3.05) is 18.4 Å². The van der Waals surface area contributed by atoms with E-state index >= 15 is 0 Å². The van der Waals surface area contributed by atoms with Gasteiger partial charge in [0.15, 0.2) is 0 Å². The topological polar surface area (TPSA) is 100 Å². The Hall–Kier alpha value is -2.90. The molecule has 0 radical (unpaired) electrons. The van der Waals surface area contributed by atoms with E-state index in [1.165, 1.54) is 11.2 Å². The number of nitrogens with one attached hydrogen (secondary N) is 1. The lowest BCUT2D eigenvalue weighted by atomic mass is 10.1. The van der Waals surface area contributed by atoms with Gasteiger partial charge in [-0.25, -0.2) is 14.8 Å². The molecule has 25 heavy (non-hydrogen) atoms. The fraction of sp³-hybridized carbons (Fsp3) is 0.412. The number of hydrogen-bond donors (Lipinski definition) is 2. The first-order valence-electron chi connectivity index (χ1n) is 8.19. The Morgan fingerprint density at radius 1 is 1.28 bits per heavy atom. The monoisotopic (exact) mass is 343 g/mol. The molecule has 1 saturated heterocycles. The maximum atomic E-state index is 10.9. The number of anilines is 2. The lowest BCUT2D eigenvalue weighted by Crippen LogP contribution is -2.41. The molecule has 132 valence electrons. The van der Waals surface area contributed by atoms with E-state index in [9.17, 15) is 4.79 Å². The van der Waals surface area contributed by atoms with Gasteiger partial charge < -0.3 is 20.1 Å². The molecule has 2 N–H and O–H groups in total. The third-order valence-electron chi connectivity index (χ3n) is 4.13. The second kappa shape index (κ2) is 7.33. The van der Waals surface area contributed by atoms with Crippen molar-refractivity contribution in [2.24, 2.45) is 0 Å². The van der Waals surface area contributed by atoms with Crippen molar-refractivity contribution in [1.29, 1.82) is 0 Å². The van der Waals surface area contributed by atoms with Gasteiger partial charge >= 0.3 is 6.09 Å². The van der Waals surface area contributed by atoms with Gasteiger partial charge in [0.2, 0.25) is 5.88 Å². The van der Waals surface area contributed by atoms with Gasteiger partial charge in [-0.05, 0) is 26.0 Å². The van der Waals surface area contributed by atoms with Crippen LogP contribution in [0.2, 0.25) is 0 Å². The molecule has 2 aromatic heterocycles. The zero-order valence-corrected chi connectivity index (χ0v) is 14.3. The molecular formula is C17H21N5O3. The Morgan fingerprint density at radius 3 is 2.72 bits per heavy atom. The summed E-state index contributed by atoms with van der Waals surface area (Å²) in [6.45, 7) is 4.84. The molecule has 0 spiro atoms. The summed E-state index contributed by atoms with van der Waals surface area (Å²) in [5, 5.41) is 12.2. The number of pyridine rings is 1. The van der Waals surface area contributed by atoms with E-state index in [1.54, 1.807) is 6.07 Å². The van der Waals surface area contributed by atoms with Crippen LogP contribution in [0.4, 0.5) is 16.3 Å². The Bertz CT molecular complexity index is 760. The third kappa shape index (κ3) is 4.34. The van der Waals surface area contributed by atoms with Crippen LogP contribution in [0, 0.1) is 13.8 Å². The SMILES string of the molecule is Cc1ccc(Nc2cc(OC3CCN(C(=O)O)CC3)ncn2)c(C)n1. The average molecular weight is 343 g/mol. The molecule has 1 aliphatic heterocycles. The number of aryl methyl sites for hydroxylation is 2. The predicted octanol–water partition coefficient (Wildman–Crippen LogP) is 2.75. The normalized spacial score (nSPS) is 15.0. The number of nitrogens with zero attached hydrogens (tertiary/aromatic N) is 4. The molecule has 3 rings (SSSR count). The molecule has 1 aliphatic rings. The summed E-state index contributed by atoms with van der Waals surface area (Å²) in [6, 6.07) is 5.63. The number of hydrogen-bond acceptors (Lipinski definition) is 6. The Kier molecular flexibility index (Phi) is 4.97. The number of amides is 1. The van der Waals surface area contributed by atoms with E-state index in [1.807, 2.05) is 26.0 Å². The first-order chi connectivity index (χ1) is 12.0. The molecule has 0 aromatic carbocycles. The molecule has 0 atom stereocenters. The van der Waals surface area contributed by atoms with Crippen molar-refractivity contribution in [3.63, 3.8) is 0 Å². The second-order valence-corrected chi connectivity index (χ2v) is 6.04. The van der Waals surface area contributed by atoms with Crippen LogP contribution in [0.25, 0.3) is 0 Å². The van der Waals surface area contributed by atoms with E-state index in [-0.39, 0.29) is 6.10 Å². The highest BCUT2D eigenvalue weighted by Crippen LogP contribution is 2.22. The number of piperidine rings is 1. The highest BCUT2D eigenvalue weighted by atomic mass is 16.5. The molecule has 1 fully saturated rings. The van der Waals surface area contributed by atoms with Crippen LogP contribution in [-0.2, 0) is 0 Å². The summed E-state index contributed by atoms with van der Waals surface area (Å²) >= 11 is 0. The predicted molar refractivity (Wildman–Crippen MR) is 92.3 cm³/mol. The number of carbonyl (C=O) groups is 1. The number of likely N-dealkylation sites (tertiary alicyclic amines) is 1. The molecule has 3 heterocycles. The van der Waals surface area contributed by atoms with Crippen molar-refractivity contribution < 1.29 is 14.6 Å². The zero-order valence-electron chi connectivity index (χ0n) is 14.3. The van der Waals surface area contributed by atoms with Crippen molar-refractivity contribution in [1.82, 2.24) is 19.9 Å². The Labute approximate surface area is 145 Å². The molecule has 0 bridgehead atoms. The van der Waals surface area contributed by atoms with Gasteiger partial charge in [-0.15, -0.1) is 0 Å². The van der Waals surface area contributed by atoms with Gasteiger partial charge in [0.1, 0.15) is 18.2 Å². The van der Waals surface area contributed by atoms with E-state index in [2.05, 4.69) is 20.3 Å². The van der Waals surface area contributed by atoms with Crippen molar-refractivity contribution in [2.45, 2.75) is 32.8 Å². The highest BCUT2D eigenvalue weighted by molar-refractivity contribution is 5.65. The van der Waals surface area contributed by atoms with E-state index in [4.69, 9.17) is 9.84 Å². The number of carboxylic acid groups (broad SMARTS) is 1. The summed E-state index contributed by atoms with van der Waals surface area (Å²) in [5.41, 5.74) is 2.73. The van der Waals surface area contributed by atoms with E-state index < -0.39 is 6.09 Å². The van der Waals surface area contributed by atoms with Crippen molar-refractivity contribution in [3.05, 3.63) is 35.9 Å². The molecule has 8 nitrogen and oxygen atoms in total. The maximum absolute atomic E-state index is 10.9. The molecule has 0 unspecified atom stereocenters. The van der Waals surface area contributed by atoms with Crippen LogP contribution in [0.5, 0.6) is 5.88 Å². The molecular weight excluding hydrogens is 322 g/mol. The smallest absolute Gasteiger partial charge is 0.407 e. The molecule has 8 heteroatoms. The number of rotatable bonds is 4.